The van der Waals surface area contributed by atoms with E-state index < -0.39 is 0 Å². The van der Waals surface area contributed by atoms with E-state index in [0.717, 1.165) is 77.0 Å². The highest BCUT2D eigenvalue weighted by molar-refractivity contribution is 5.85. The van der Waals surface area contributed by atoms with Gasteiger partial charge in [-0.2, -0.15) is 0 Å². The maximum absolute atomic E-state index is 13.6. The molecule has 1 aliphatic carbocycles. The predicted octanol–water partition coefficient (Wildman–Crippen LogP) is 4.39. The molecule has 0 bridgehead atoms. The molecule has 0 saturated carbocycles. The number of rotatable bonds is 5. The molecule has 31 heavy (non-hydrogen) atoms. The third kappa shape index (κ3) is 4.80. The van der Waals surface area contributed by atoms with Gasteiger partial charge in [-0.05, 0) is 74.8 Å². The largest absolute Gasteiger partial charge is 0.381 e. The Morgan fingerprint density at radius 3 is 2.42 bits per heavy atom. The number of ether oxygens (including phenoxy) is 2. The van der Waals surface area contributed by atoms with Crippen molar-refractivity contribution in [2.45, 2.75) is 62.0 Å². The van der Waals surface area contributed by atoms with Crippen LogP contribution < -0.4 is 5.32 Å². The van der Waals surface area contributed by atoms with Crippen LogP contribution in [0.1, 0.15) is 48.9 Å². The van der Waals surface area contributed by atoms with E-state index in [1.807, 2.05) is 6.07 Å². The van der Waals surface area contributed by atoms with E-state index >= 15 is 0 Å². The predicted molar refractivity (Wildman–Crippen MR) is 121 cm³/mol. The topological polar surface area (TPSA) is 43.4 Å². The van der Waals surface area contributed by atoms with Gasteiger partial charge in [-0.1, -0.05) is 24.3 Å². The van der Waals surface area contributed by atoms with Crippen LogP contribution in [0.4, 0.5) is 4.39 Å². The third-order valence-electron chi connectivity index (χ3n) is 7.41. The van der Waals surface area contributed by atoms with Crippen molar-refractivity contribution < 1.29 is 13.9 Å². The van der Waals surface area contributed by atoms with Crippen molar-refractivity contribution in [3.63, 3.8) is 0 Å². The average Bonchev–Trinajstić information content (AvgIpc) is 3.18. The van der Waals surface area contributed by atoms with Gasteiger partial charge in [-0.15, -0.1) is 12.4 Å². The Morgan fingerprint density at radius 1 is 1.00 bits per heavy atom. The van der Waals surface area contributed by atoms with Crippen LogP contribution >= 0.6 is 12.4 Å². The second-order valence-electron chi connectivity index (χ2n) is 9.29. The normalized spacial score (nSPS) is 25.2. The standard InChI is InChI=1S/C25H31FN2O2.ClH/c26-21-5-6-23(28-17-21)24(8-14-30-25(18-24)9-12-29-13-10-25)7-11-27-22-15-19-3-1-2-4-20(19)16-22;/h1-6,17,22,27H,7-16,18H2;1H. The van der Waals surface area contributed by atoms with Crippen molar-refractivity contribution >= 4 is 12.4 Å². The summed E-state index contributed by atoms with van der Waals surface area (Å²) < 4.78 is 25.5. The number of hydrogen-bond acceptors (Lipinski definition) is 4. The molecule has 6 heteroatoms. The summed E-state index contributed by atoms with van der Waals surface area (Å²) in [5.74, 6) is -0.274. The summed E-state index contributed by atoms with van der Waals surface area (Å²) in [7, 11) is 0. The zero-order valence-electron chi connectivity index (χ0n) is 17.9. The fourth-order valence-corrected chi connectivity index (χ4v) is 5.75. The summed E-state index contributed by atoms with van der Waals surface area (Å²) in [6.07, 6.45) is 8.29. The molecule has 0 radical (unpaired) electrons. The first kappa shape index (κ1) is 22.7. The van der Waals surface area contributed by atoms with Gasteiger partial charge in [0.25, 0.3) is 0 Å². The lowest BCUT2D eigenvalue weighted by Gasteiger charge is -2.49. The zero-order valence-corrected chi connectivity index (χ0v) is 18.8. The van der Waals surface area contributed by atoms with E-state index in [-0.39, 0.29) is 29.2 Å². The highest BCUT2D eigenvalue weighted by atomic mass is 35.5. The first-order valence-electron chi connectivity index (χ1n) is 11.3. The lowest BCUT2D eigenvalue weighted by atomic mass is 9.66. The third-order valence-corrected chi connectivity index (χ3v) is 7.41. The van der Waals surface area contributed by atoms with Crippen molar-refractivity contribution in [1.82, 2.24) is 10.3 Å². The number of nitrogens with zero attached hydrogens (tertiary/aromatic N) is 1. The highest BCUT2D eigenvalue weighted by Crippen LogP contribution is 2.47. The molecule has 2 aromatic rings. The van der Waals surface area contributed by atoms with E-state index in [4.69, 9.17) is 9.47 Å². The van der Waals surface area contributed by atoms with Gasteiger partial charge in [-0.3, -0.25) is 4.98 Å². The van der Waals surface area contributed by atoms with E-state index in [0.29, 0.717) is 6.04 Å². The van der Waals surface area contributed by atoms with Crippen LogP contribution in [0.5, 0.6) is 0 Å². The molecule has 1 N–H and O–H groups in total. The summed E-state index contributed by atoms with van der Waals surface area (Å²) in [5, 5.41) is 3.81. The molecule has 3 heterocycles. The second-order valence-corrected chi connectivity index (χ2v) is 9.29. The quantitative estimate of drug-likeness (QED) is 0.739. The fraction of sp³-hybridized carbons (Fsp3) is 0.560. The lowest BCUT2D eigenvalue weighted by Crippen LogP contribution is -2.51. The van der Waals surface area contributed by atoms with E-state index in [1.54, 1.807) is 6.07 Å². The Hall–Kier alpha value is -1.53. The van der Waals surface area contributed by atoms with Crippen LogP contribution in [-0.4, -0.2) is 43.0 Å². The first-order chi connectivity index (χ1) is 14.7. The average molecular weight is 447 g/mol. The molecule has 1 spiro atoms. The minimum atomic E-state index is -0.274. The first-order valence-corrected chi connectivity index (χ1v) is 11.3. The minimum Gasteiger partial charge on any atom is -0.381 e. The minimum absolute atomic E-state index is 0. The molecule has 1 aromatic carbocycles. The van der Waals surface area contributed by atoms with Gasteiger partial charge < -0.3 is 14.8 Å². The number of aromatic nitrogens is 1. The lowest BCUT2D eigenvalue weighted by molar-refractivity contribution is -0.154. The number of fused-ring (bicyclic) bond motifs is 1. The smallest absolute Gasteiger partial charge is 0.141 e. The fourth-order valence-electron chi connectivity index (χ4n) is 5.75. The molecule has 1 aromatic heterocycles. The van der Waals surface area contributed by atoms with E-state index in [2.05, 4.69) is 34.6 Å². The van der Waals surface area contributed by atoms with Gasteiger partial charge in [0.15, 0.2) is 0 Å². The van der Waals surface area contributed by atoms with Crippen LogP contribution in [-0.2, 0) is 27.7 Å². The molecule has 2 fully saturated rings. The van der Waals surface area contributed by atoms with Crippen LogP contribution in [0.2, 0.25) is 0 Å². The summed E-state index contributed by atoms with van der Waals surface area (Å²) >= 11 is 0. The van der Waals surface area contributed by atoms with Crippen LogP contribution in [0.15, 0.2) is 42.6 Å². The van der Waals surface area contributed by atoms with Crippen LogP contribution in [0, 0.1) is 5.82 Å². The Morgan fingerprint density at radius 2 is 1.74 bits per heavy atom. The molecule has 2 aliphatic heterocycles. The maximum atomic E-state index is 13.6. The number of hydrogen-bond donors (Lipinski definition) is 1. The van der Waals surface area contributed by atoms with Crippen LogP contribution in [0.3, 0.4) is 0 Å². The molecule has 168 valence electrons. The Bertz CT molecular complexity index is 842. The van der Waals surface area contributed by atoms with Crippen molar-refractivity contribution in [1.29, 1.82) is 0 Å². The molecule has 2 saturated heterocycles. The molecule has 5 rings (SSSR count). The van der Waals surface area contributed by atoms with Crippen molar-refractivity contribution in [2.75, 3.05) is 26.4 Å². The molecule has 1 atom stereocenters. The summed E-state index contributed by atoms with van der Waals surface area (Å²) in [4.78, 5) is 4.55. The van der Waals surface area contributed by atoms with Gasteiger partial charge in [0, 0.05) is 37.0 Å². The summed E-state index contributed by atoms with van der Waals surface area (Å²) in [5.41, 5.74) is 3.74. The Labute approximate surface area is 190 Å². The number of halogens is 2. The second kappa shape index (κ2) is 9.53. The SMILES string of the molecule is Cl.Fc1ccc(C2(CCNC3Cc4ccccc4C3)CCOC3(CCOCC3)C2)nc1. The van der Waals surface area contributed by atoms with E-state index in [1.165, 1.54) is 17.3 Å². The molecule has 0 amide bonds. The maximum Gasteiger partial charge on any atom is 0.141 e. The number of nitrogens with one attached hydrogen (secondary N) is 1. The molecule has 1 unspecified atom stereocenters. The number of benzene rings is 1. The monoisotopic (exact) mass is 446 g/mol. The van der Waals surface area contributed by atoms with Gasteiger partial charge in [0.05, 0.1) is 11.8 Å². The van der Waals surface area contributed by atoms with Crippen LogP contribution in [0.25, 0.3) is 0 Å². The van der Waals surface area contributed by atoms with Crippen molar-refractivity contribution in [3.8, 4) is 0 Å². The van der Waals surface area contributed by atoms with Gasteiger partial charge in [0.1, 0.15) is 5.82 Å². The molecular formula is C25H32ClFN2O2. The molecule has 4 nitrogen and oxygen atoms in total. The molecule has 3 aliphatic rings. The summed E-state index contributed by atoms with van der Waals surface area (Å²) in [6.45, 7) is 3.18. The Balaban J connectivity index is 0.00000231. The Kier molecular flexibility index (Phi) is 6.97. The highest BCUT2D eigenvalue weighted by Gasteiger charge is 2.48. The van der Waals surface area contributed by atoms with Gasteiger partial charge in [0.2, 0.25) is 0 Å². The van der Waals surface area contributed by atoms with Crippen molar-refractivity contribution in [2.24, 2.45) is 0 Å². The van der Waals surface area contributed by atoms with E-state index in [9.17, 15) is 4.39 Å². The van der Waals surface area contributed by atoms with Crippen molar-refractivity contribution in [3.05, 3.63) is 65.2 Å². The van der Waals surface area contributed by atoms with Gasteiger partial charge >= 0.3 is 0 Å². The summed E-state index contributed by atoms with van der Waals surface area (Å²) in [6, 6.07) is 12.7. The number of pyridine rings is 1. The molecular weight excluding hydrogens is 415 g/mol. The zero-order chi connectivity index (χ0) is 20.4. The van der Waals surface area contributed by atoms with Gasteiger partial charge in [-0.25, -0.2) is 4.39 Å².